The number of hydrogen-bond acceptors (Lipinski definition) is 3. The predicted molar refractivity (Wildman–Crippen MR) is 51.7 cm³/mol. The molecule has 3 nitrogen and oxygen atoms in total. The molecular weight excluding hydrogens is 190 g/mol. The number of benzene rings is 1. The van der Waals surface area contributed by atoms with Gasteiger partial charge >= 0.3 is 0 Å². The number of aromatic hydroxyl groups is 1. The van der Waals surface area contributed by atoms with Gasteiger partial charge in [0.15, 0.2) is 0 Å². The van der Waals surface area contributed by atoms with Crippen LogP contribution in [-0.2, 0) is 0 Å². The van der Waals surface area contributed by atoms with Gasteiger partial charge in [-0.05, 0) is 18.1 Å². The quantitative estimate of drug-likeness (QED) is 0.693. The number of aliphatic hydroxyl groups is 1. The normalized spacial score (nSPS) is 12.8. The Morgan fingerprint density at radius 3 is 2.77 bits per heavy atom. The number of rotatable bonds is 3. The fourth-order valence-electron chi connectivity index (χ4n) is 1.12. The van der Waals surface area contributed by atoms with E-state index in [2.05, 4.69) is 0 Å². The lowest BCUT2D eigenvalue weighted by Gasteiger charge is -2.12. The molecule has 0 aliphatic rings. The number of phenols is 1. The van der Waals surface area contributed by atoms with Gasteiger partial charge < -0.3 is 15.9 Å². The van der Waals surface area contributed by atoms with Crippen LogP contribution in [0.1, 0.15) is 18.0 Å². The second-order valence-corrected chi connectivity index (χ2v) is 3.18. The zero-order chi connectivity index (χ0) is 9.84. The summed E-state index contributed by atoms with van der Waals surface area (Å²) in [5, 5.41) is 18.2. The molecule has 1 aromatic rings. The molecule has 0 spiro atoms. The first-order chi connectivity index (χ1) is 6.16. The maximum Gasteiger partial charge on any atom is 0.134 e. The van der Waals surface area contributed by atoms with Crippen LogP contribution in [0.25, 0.3) is 0 Å². The molecule has 72 valence electrons. The standard InChI is InChI=1S/C9H12ClNO2/c10-9-6(7(11)4-5-12)2-1-3-8(9)13/h1-3,7,12-13H,4-5,11H2. The van der Waals surface area contributed by atoms with Crippen molar-refractivity contribution in [3.05, 3.63) is 28.8 Å². The monoisotopic (exact) mass is 201 g/mol. The second kappa shape index (κ2) is 4.46. The van der Waals surface area contributed by atoms with Crippen LogP contribution in [0.3, 0.4) is 0 Å². The molecule has 0 fully saturated rings. The molecule has 0 aliphatic carbocycles. The van der Waals surface area contributed by atoms with E-state index in [1.807, 2.05) is 0 Å². The Balaban J connectivity index is 2.93. The molecule has 13 heavy (non-hydrogen) atoms. The Hall–Kier alpha value is -0.770. The third kappa shape index (κ3) is 2.34. The fourth-order valence-corrected chi connectivity index (χ4v) is 1.38. The van der Waals surface area contributed by atoms with Crippen molar-refractivity contribution in [1.29, 1.82) is 0 Å². The van der Waals surface area contributed by atoms with Crippen LogP contribution in [0.2, 0.25) is 5.02 Å². The number of aliphatic hydroxyl groups excluding tert-OH is 1. The lowest BCUT2D eigenvalue weighted by molar-refractivity contribution is 0.276. The van der Waals surface area contributed by atoms with E-state index in [9.17, 15) is 5.11 Å². The van der Waals surface area contributed by atoms with E-state index in [-0.39, 0.29) is 23.4 Å². The van der Waals surface area contributed by atoms with Gasteiger partial charge in [-0.3, -0.25) is 0 Å². The van der Waals surface area contributed by atoms with Gasteiger partial charge in [0.2, 0.25) is 0 Å². The molecule has 0 radical (unpaired) electrons. The first kappa shape index (κ1) is 10.3. The van der Waals surface area contributed by atoms with Crippen LogP contribution in [0.5, 0.6) is 5.75 Å². The molecule has 1 unspecified atom stereocenters. The molecule has 0 heterocycles. The SMILES string of the molecule is NC(CCO)c1cccc(O)c1Cl. The van der Waals surface area contributed by atoms with Crippen molar-refractivity contribution in [3.63, 3.8) is 0 Å². The van der Waals surface area contributed by atoms with Crippen molar-refractivity contribution in [1.82, 2.24) is 0 Å². The smallest absolute Gasteiger partial charge is 0.134 e. The van der Waals surface area contributed by atoms with E-state index in [1.54, 1.807) is 12.1 Å². The summed E-state index contributed by atoms with van der Waals surface area (Å²) >= 11 is 5.81. The summed E-state index contributed by atoms with van der Waals surface area (Å²) in [6.45, 7) is 0.00709. The number of phenolic OH excluding ortho intramolecular Hbond substituents is 1. The molecule has 0 saturated carbocycles. The highest BCUT2D eigenvalue weighted by atomic mass is 35.5. The van der Waals surface area contributed by atoms with Gasteiger partial charge in [0.1, 0.15) is 5.75 Å². The van der Waals surface area contributed by atoms with E-state index < -0.39 is 0 Å². The Labute approximate surface area is 81.8 Å². The summed E-state index contributed by atoms with van der Waals surface area (Å²) in [4.78, 5) is 0. The Kier molecular flexibility index (Phi) is 3.54. The van der Waals surface area contributed by atoms with E-state index in [1.165, 1.54) is 6.07 Å². The summed E-state index contributed by atoms with van der Waals surface area (Å²) in [7, 11) is 0. The van der Waals surface area contributed by atoms with Crippen LogP contribution < -0.4 is 5.73 Å². The lowest BCUT2D eigenvalue weighted by Crippen LogP contribution is -2.12. The van der Waals surface area contributed by atoms with Crippen molar-refractivity contribution < 1.29 is 10.2 Å². The highest BCUT2D eigenvalue weighted by molar-refractivity contribution is 6.32. The topological polar surface area (TPSA) is 66.5 Å². The molecule has 0 aromatic heterocycles. The van der Waals surface area contributed by atoms with Crippen molar-refractivity contribution >= 4 is 11.6 Å². The number of nitrogens with two attached hydrogens (primary N) is 1. The number of hydrogen-bond donors (Lipinski definition) is 3. The minimum atomic E-state index is -0.329. The van der Waals surface area contributed by atoms with Gasteiger partial charge in [-0.25, -0.2) is 0 Å². The molecule has 1 aromatic carbocycles. The van der Waals surface area contributed by atoms with Gasteiger partial charge in [-0.15, -0.1) is 0 Å². The van der Waals surface area contributed by atoms with Crippen molar-refractivity contribution in [2.75, 3.05) is 6.61 Å². The molecule has 4 N–H and O–H groups in total. The molecule has 1 rings (SSSR count). The maximum absolute atomic E-state index is 9.27. The summed E-state index contributed by atoms with van der Waals surface area (Å²) in [6, 6.07) is 4.58. The summed E-state index contributed by atoms with van der Waals surface area (Å²) in [5.41, 5.74) is 6.38. The zero-order valence-electron chi connectivity index (χ0n) is 7.07. The molecular formula is C9H12ClNO2. The van der Waals surface area contributed by atoms with E-state index in [4.69, 9.17) is 22.4 Å². The van der Waals surface area contributed by atoms with Gasteiger partial charge in [-0.2, -0.15) is 0 Å². The minimum Gasteiger partial charge on any atom is -0.506 e. The highest BCUT2D eigenvalue weighted by Crippen LogP contribution is 2.30. The van der Waals surface area contributed by atoms with Crippen LogP contribution in [0, 0.1) is 0 Å². The lowest BCUT2D eigenvalue weighted by atomic mass is 10.0. The second-order valence-electron chi connectivity index (χ2n) is 2.80. The average molecular weight is 202 g/mol. The minimum absolute atomic E-state index is 0.00709. The fraction of sp³-hybridized carbons (Fsp3) is 0.333. The molecule has 0 bridgehead atoms. The molecule has 1 atom stereocenters. The van der Waals surface area contributed by atoms with Crippen LogP contribution in [0.4, 0.5) is 0 Å². The van der Waals surface area contributed by atoms with Crippen LogP contribution >= 0.6 is 11.6 Å². The van der Waals surface area contributed by atoms with E-state index in [0.717, 1.165) is 0 Å². The maximum atomic E-state index is 9.27. The van der Waals surface area contributed by atoms with Crippen molar-refractivity contribution in [3.8, 4) is 5.75 Å². The Bertz CT molecular complexity index is 291. The van der Waals surface area contributed by atoms with Crippen molar-refractivity contribution in [2.45, 2.75) is 12.5 Å². The first-order valence-electron chi connectivity index (χ1n) is 4.00. The first-order valence-corrected chi connectivity index (χ1v) is 4.38. The average Bonchev–Trinajstić information content (AvgIpc) is 2.10. The predicted octanol–water partition coefficient (Wildman–Crippen LogP) is 1.43. The van der Waals surface area contributed by atoms with Gasteiger partial charge in [-0.1, -0.05) is 23.7 Å². The summed E-state index contributed by atoms with van der Waals surface area (Å²) in [5.74, 6) is 0.0209. The van der Waals surface area contributed by atoms with Gasteiger partial charge in [0.25, 0.3) is 0 Å². The highest BCUT2D eigenvalue weighted by Gasteiger charge is 2.11. The molecule has 4 heteroatoms. The molecule has 0 saturated heterocycles. The third-order valence-corrected chi connectivity index (χ3v) is 2.26. The van der Waals surface area contributed by atoms with Crippen LogP contribution in [-0.4, -0.2) is 16.8 Å². The van der Waals surface area contributed by atoms with E-state index >= 15 is 0 Å². The van der Waals surface area contributed by atoms with Crippen molar-refractivity contribution in [2.24, 2.45) is 5.73 Å². The Morgan fingerprint density at radius 1 is 1.46 bits per heavy atom. The van der Waals surface area contributed by atoms with Gasteiger partial charge in [0, 0.05) is 12.6 Å². The van der Waals surface area contributed by atoms with Crippen LogP contribution in [0.15, 0.2) is 18.2 Å². The zero-order valence-corrected chi connectivity index (χ0v) is 7.83. The summed E-state index contributed by atoms with van der Waals surface area (Å²) < 4.78 is 0. The largest absolute Gasteiger partial charge is 0.506 e. The third-order valence-electron chi connectivity index (χ3n) is 1.85. The van der Waals surface area contributed by atoms with Gasteiger partial charge in [0.05, 0.1) is 5.02 Å². The molecule has 0 amide bonds. The Morgan fingerprint density at radius 2 is 2.15 bits per heavy atom. The number of halogens is 1. The molecule has 0 aliphatic heterocycles. The van der Waals surface area contributed by atoms with E-state index in [0.29, 0.717) is 12.0 Å². The summed E-state index contributed by atoms with van der Waals surface area (Å²) in [6.07, 6.45) is 0.434.